The van der Waals surface area contributed by atoms with E-state index in [2.05, 4.69) is 18.6 Å². The maximum Gasteiger partial charge on any atom is 0.242 e. The maximum atomic E-state index is 12.2. The van der Waals surface area contributed by atoms with Gasteiger partial charge in [-0.2, -0.15) is 0 Å². The molecule has 0 heterocycles. The number of rotatable bonds is 6. The van der Waals surface area contributed by atoms with E-state index in [1.165, 1.54) is 0 Å². The fourth-order valence-corrected chi connectivity index (χ4v) is 3.11. The van der Waals surface area contributed by atoms with Crippen LogP contribution in [0.4, 0.5) is 5.69 Å². The number of hydrogen-bond acceptors (Lipinski definition) is 3. The third kappa shape index (κ3) is 4.51. The molecule has 0 bridgehead atoms. The van der Waals surface area contributed by atoms with Crippen molar-refractivity contribution < 1.29 is 8.42 Å². The van der Waals surface area contributed by atoms with Gasteiger partial charge in [0.05, 0.1) is 5.69 Å². The molecule has 1 rings (SSSR count). The summed E-state index contributed by atoms with van der Waals surface area (Å²) < 4.78 is 27.0. The van der Waals surface area contributed by atoms with Crippen LogP contribution in [0.2, 0.25) is 0 Å². The molecule has 0 radical (unpaired) electrons. The van der Waals surface area contributed by atoms with Gasteiger partial charge >= 0.3 is 0 Å². The minimum Gasteiger partial charge on any atom is -0.398 e. The summed E-state index contributed by atoms with van der Waals surface area (Å²) in [6, 6.07) is 3.34. The number of benzene rings is 1. The zero-order valence-corrected chi connectivity index (χ0v) is 13.0. The first kappa shape index (κ1) is 16.0. The van der Waals surface area contributed by atoms with Crippen molar-refractivity contribution in [1.82, 2.24) is 4.72 Å². The Bertz CT molecular complexity index is 537. The van der Waals surface area contributed by atoms with Crippen molar-refractivity contribution in [2.45, 2.75) is 45.4 Å². The Balaban J connectivity index is 2.80. The molecule has 0 aromatic heterocycles. The lowest BCUT2D eigenvalue weighted by Crippen LogP contribution is -2.26. The molecule has 108 valence electrons. The second kappa shape index (κ2) is 6.39. The van der Waals surface area contributed by atoms with Crippen LogP contribution in [0, 0.1) is 19.8 Å². The van der Waals surface area contributed by atoms with E-state index in [4.69, 9.17) is 5.73 Å². The molecule has 0 spiro atoms. The highest BCUT2D eigenvalue weighted by Gasteiger charge is 2.17. The van der Waals surface area contributed by atoms with Crippen LogP contribution in [0.15, 0.2) is 17.0 Å². The summed E-state index contributed by atoms with van der Waals surface area (Å²) in [5.74, 6) is 0.580. The zero-order valence-electron chi connectivity index (χ0n) is 12.2. The number of aryl methyl sites for hydroxylation is 2. The molecule has 0 aliphatic heterocycles. The molecular formula is C14H24N2O2S. The van der Waals surface area contributed by atoms with Crippen molar-refractivity contribution in [2.75, 3.05) is 12.3 Å². The van der Waals surface area contributed by atoms with Crippen LogP contribution in [-0.4, -0.2) is 15.0 Å². The van der Waals surface area contributed by atoms with Crippen LogP contribution in [0.1, 0.15) is 37.8 Å². The summed E-state index contributed by atoms with van der Waals surface area (Å²) >= 11 is 0. The van der Waals surface area contributed by atoms with E-state index in [0.717, 1.165) is 24.0 Å². The fourth-order valence-electron chi connectivity index (χ4n) is 1.84. The number of sulfonamides is 1. The van der Waals surface area contributed by atoms with Gasteiger partial charge in [-0.1, -0.05) is 13.8 Å². The quantitative estimate of drug-likeness (QED) is 0.623. The molecule has 0 saturated carbocycles. The van der Waals surface area contributed by atoms with Gasteiger partial charge in [0, 0.05) is 6.54 Å². The molecule has 19 heavy (non-hydrogen) atoms. The van der Waals surface area contributed by atoms with Gasteiger partial charge in [-0.25, -0.2) is 13.1 Å². The molecule has 0 saturated heterocycles. The number of nitrogens with two attached hydrogens (primary N) is 1. The van der Waals surface area contributed by atoms with Crippen molar-refractivity contribution in [3.05, 3.63) is 23.3 Å². The summed E-state index contributed by atoms with van der Waals surface area (Å²) in [5.41, 5.74) is 8.04. The van der Waals surface area contributed by atoms with E-state index >= 15 is 0 Å². The van der Waals surface area contributed by atoms with Crippen LogP contribution in [-0.2, 0) is 10.0 Å². The summed E-state index contributed by atoms with van der Waals surface area (Å²) in [4.78, 5) is 0.181. The standard InChI is InChI=1S/C14H24N2O2S/c1-10(2)6-5-7-16-19(17,18)14-9-12(4)11(3)8-13(14)15/h8-10,16H,5-7,15H2,1-4H3. The third-order valence-electron chi connectivity index (χ3n) is 3.17. The Morgan fingerprint density at radius 3 is 2.37 bits per heavy atom. The van der Waals surface area contributed by atoms with Crippen LogP contribution in [0.25, 0.3) is 0 Å². The van der Waals surface area contributed by atoms with Crippen molar-refractivity contribution in [3.8, 4) is 0 Å². The Hall–Kier alpha value is -1.07. The van der Waals surface area contributed by atoms with Gasteiger partial charge < -0.3 is 5.73 Å². The maximum absolute atomic E-state index is 12.2. The van der Waals surface area contributed by atoms with Gasteiger partial charge in [0.15, 0.2) is 0 Å². The van der Waals surface area contributed by atoms with Crippen molar-refractivity contribution in [3.63, 3.8) is 0 Å². The monoisotopic (exact) mass is 284 g/mol. The lowest BCUT2D eigenvalue weighted by molar-refractivity contribution is 0.540. The van der Waals surface area contributed by atoms with Crippen LogP contribution < -0.4 is 10.5 Å². The van der Waals surface area contributed by atoms with Gasteiger partial charge in [-0.05, 0) is 55.9 Å². The van der Waals surface area contributed by atoms with Crippen LogP contribution in [0.5, 0.6) is 0 Å². The van der Waals surface area contributed by atoms with Gasteiger partial charge in [0.2, 0.25) is 10.0 Å². The Labute approximate surface area is 116 Å². The molecule has 4 nitrogen and oxygen atoms in total. The minimum atomic E-state index is -3.50. The molecule has 0 unspecified atom stereocenters. The van der Waals surface area contributed by atoms with Gasteiger partial charge in [-0.3, -0.25) is 0 Å². The van der Waals surface area contributed by atoms with E-state index < -0.39 is 10.0 Å². The number of hydrogen-bond donors (Lipinski definition) is 2. The summed E-state index contributed by atoms with van der Waals surface area (Å²) in [7, 11) is -3.50. The molecule has 0 atom stereocenters. The minimum absolute atomic E-state index is 0.181. The highest BCUT2D eigenvalue weighted by Crippen LogP contribution is 2.22. The highest BCUT2D eigenvalue weighted by atomic mass is 32.2. The highest BCUT2D eigenvalue weighted by molar-refractivity contribution is 7.89. The largest absolute Gasteiger partial charge is 0.398 e. The molecule has 0 amide bonds. The number of nitrogen functional groups attached to an aromatic ring is 1. The fraction of sp³-hybridized carbons (Fsp3) is 0.571. The van der Waals surface area contributed by atoms with E-state index in [1.54, 1.807) is 12.1 Å². The summed E-state index contributed by atoms with van der Waals surface area (Å²) in [6.45, 7) is 8.49. The average Bonchev–Trinajstić information content (AvgIpc) is 2.29. The molecule has 3 N–H and O–H groups in total. The average molecular weight is 284 g/mol. The van der Waals surface area contributed by atoms with E-state index in [-0.39, 0.29) is 4.90 Å². The van der Waals surface area contributed by atoms with Crippen LogP contribution >= 0.6 is 0 Å². The Morgan fingerprint density at radius 1 is 1.21 bits per heavy atom. The Kier molecular flexibility index (Phi) is 5.38. The molecule has 0 aliphatic rings. The number of nitrogens with one attached hydrogen (secondary N) is 1. The van der Waals surface area contributed by atoms with Crippen LogP contribution in [0.3, 0.4) is 0 Å². The normalized spacial score (nSPS) is 12.1. The number of anilines is 1. The molecule has 0 aliphatic carbocycles. The van der Waals surface area contributed by atoms with Crippen molar-refractivity contribution in [2.24, 2.45) is 5.92 Å². The van der Waals surface area contributed by atoms with Gasteiger partial charge in [-0.15, -0.1) is 0 Å². The van der Waals surface area contributed by atoms with Gasteiger partial charge in [0.25, 0.3) is 0 Å². The Morgan fingerprint density at radius 2 is 1.79 bits per heavy atom. The zero-order chi connectivity index (χ0) is 14.6. The molecular weight excluding hydrogens is 260 g/mol. The molecule has 1 aromatic carbocycles. The summed E-state index contributed by atoms with van der Waals surface area (Å²) in [6.07, 6.45) is 1.84. The van der Waals surface area contributed by atoms with Crippen molar-refractivity contribution >= 4 is 15.7 Å². The van der Waals surface area contributed by atoms with E-state index in [1.807, 2.05) is 13.8 Å². The smallest absolute Gasteiger partial charge is 0.242 e. The van der Waals surface area contributed by atoms with Crippen molar-refractivity contribution in [1.29, 1.82) is 0 Å². The second-order valence-corrected chi connectivity index (χ2v) is 7.14. The first-order valence-electron chi connectivity index (χ1n) is 6.60. The second-order valence-electron chi connectivity index (χ2n) is 5.41. The topological polar surface area (TPSA) is 72.2 Å². The lowest BCUT2D eigenvalue weighted by Gasteiger charge is -2.12. The van der Waals surface area contributed by atoms with E-state index in [0.29, 0.717) is 18.2 Å². The summed E-state index contributed by atoms with van der Waals surface area (Å²) in [5, 5.41) is 0. The molecule has 0 fully saturated rings. The molecule has 5 heteroatoms. The van der Waals surface area contributed by atoms with Gasteiger partial charge in [0.1, 0.15) is 4.90 Å². The predicted octanol–water partition coefficient (Wildman–Crippen LogP) is 2.60. The predicted molar refractivity (Wildman–Crippen MR) is 79.6 cm³/mol. The van der Waals surface area contributed by atoms with E-state index in [9.17, 15) is 8.42 Å². The lowest BCUT2D eigenvalue weighted by atomic mass is 10.1. The first-order chi connectivity index (χ1) is 8.74. The molecule has 1 aromatic rings. The first-order valence-corrected chi connectivity index (χ1v) is 8.08. The third-order valence-corrected chi connectivity index (χ3v) is 4.68. The SMILES string of the molecule is Cc1cc(N)c(S(=O)(=O)NCCCC(C)C)cc1C.